The predicted molar refractivity (Wildman–Crippen MR) is 105 cm³/mol. The Kier molecular flexibility index (Phi) is 6.68. The van der Waals surface area contributed by atoms with Crippen LogP contribution in [0.5, 0.6) is 0 Å². The minimum atomic E-state index is -0.955. The molecule has 0 saturated heterocycles. The Morgan fingerprint density at radius 1 is 0.862 bits per heavy atom. The van der Waals surface area contributed by atoms with Crippen molar-refractivity contribution in [1.29, 1.82) is 0 Å². The molecule has 0 heterocycles. The Bertz CT molecular complexity index is 989. The van der Waals surface area contributed by atoms with Gasteiger partial charge in [-0.25, -0.2) is 8.78 Å². The summed E-state index contributed by atoms with van der Waals surface area (Å²) in [5.41, 5.74) is 2.73. The summed E-state index contributed by atoms with van der Waals surface area (Å²) in [6, 6.07) is 20.3. The number of hydrogen-bond donors (Lipinski definition) is 1. The molecule has 3 rings (SSSR count). The first-order chi connectivity index (χ1) is 14.0. The second-order valence-corrected chi connectivity index (χ2v) is 6.35. The normalized spacial score (nSPS) is 10.4. The Hall–Kier alpha value is -3.54. The smallest absolute Gasteiger partial charge is 0.307 e. The molecule has 0 unspecified atom stereocenters. The highest BCUT2D eigenvalue weighted by molar-refractivity contribution is 5.94. The third kappa shape index (κ3) is 5.72. The van der Waals surface area contributed by atoms with Gasteiger partial charge in [0.05, 0.1) is 12.0 Å². The van der Waals surface area contributed by atoms with Crippen LogP contribution in [0.25, 0.3) is 11.1 Å². The van der Waals surface area contributed by atoms with E-state index in [9.17, 15) is 18.4 Å². The third-order valence-corrected chi connectivity index (χ3v) is 4.25. The Morgan fingerprint density at radius 3 is 2.24 bits per heavy atom. The lowest BCUT2D eigenvalue weighted by Crippen LogP contribution is -2.27. The van der Waals surface area contributed by atoms with Gasteiger partial charge in [0.2, 0.25) is 0 Å². The molecule has 0 bridgehead atoms. The van der Waals surface area contributed by atoms with Crippen molar-refractivity contribution in [2.45, 2.75) is 13.0 Å². The summed E-state index contributed by atoms with van der Waals surface area (Å²) in [5.74, 6) is -2.92. The average molecular weight is 395 g/mol. The molecule has 1 N–H and O–H groups in total. The van der Waals surface area contributed by atoms with Crippen molar-refractivity contribution in [3.63, 3.8) is 0 Å². The van der Waals surface area contributed by atoms with E-state index in [0.717, 1.165) is 28.8 Å². The molecule has 3 aromatic carbocycles. The number of nitrogens with one attached hydrogen (secondary N) is 1. The van der Waals surface area contributed by atoms with Crippen molar-refractivity contribution in [3.05, 3.63) is 95.6 Å². The first-order valence-electron chi connectivity index (χ1n) is 9.06. The molecular weight excluding hydrogens is 376 g/mol. The summed E-state index contributed by atoms with van der Waals surface area (Å²) in [6.07, 6.45) is -0.0589. The first-order valence-corrected chi connectivity index (χ1v) is 9.06. The highest BCUT2D eigenvalue weighted by atomic mass is 19.1. The molecule has 0 aliphatic carbocycles. The van der Waals surface area contributed by atoms with E-state index in [1.807, 2.05) is 54.6 Å². The van der Waals surface area contributed by atoms with Gasteiger partial charge in [0, 0.05) is 12.6 Å². The number of esters is 1. The number of hydrogen-bond acceptors (Lipinski definition) is 3. The Morgan fingerprint density at radius 2 is 1.55 bits per heavy atom. The maximum atomic E-state index is 13.5. The summed E-state index contributed by atoms with van der Waals surface area (Å²) in [4.78, 5) is 23.7. The van der Waals surface area contributed by atoms with Crippen molar-refractivity contribution >= 4 is 11.9 Å². The van der Waals surface area contributed by atoms with Gasteiger partial charge in [-0.1, -0.05) is 54.6 Å². The minimum absolute atomic E-state index is 0.0125. The van der Waals surface area contributed by atoms with Crippen molar-refractivity contribution in [3.8, 4) is 11.1 Å². The summed E-state index contributed by atoms with van der Waals surface area (Å²) in [6.45, 7) is 0.107. The summed E-state index contributed by atoms with van der Waals surface area (Å²) < 4.78 is 31.6. The molecule has 0 spiro atoms. The third-order valence-electron chi connectivity index (χ3n) is 4.25. The second kappa shape index (κ2) is 9.59. The number of benzene rings is 3. The number of halogens is 2. The molecule has 0 aliphatic heterocycles. The van der Waals surface area contributed by atoms with Crippen LogP contribution in [-0.4, -0.2) is 18.4 Å². The quantitative estimate of drug-likeness (QED) is 0.600. The fourth-order valence-electron chi connectivity index (χ4n) is 2.71. The number of rotatable bonds is 7. The zero-order valence-corrected chi connectivity index (χ0v) is 15.5. The maximum Gasteiger partial charge on any atom is 0.307 e. The lowest BCUT2D eigenvalue weighted by Gasteiger charge is -2.08. The van der Waals surface area contributed by atoms with Gasteiger partial charge in [0.1, 0.15) is 18.2 Å². The predicted octanol–water partition coefficient (Wildman–Crippen LogP) is 4.50. The zero-order chi connectivity index (χ0) is 20.6. The molecule has 29 heavy (non-hydrogen) atoms. The lowest BCUT2D eigenvalue weighted by molar-refractivity contribution is -0.144. The van der Waals surface area contributed by atoms with Crippen LogP contribution in [0.3, 0.4) is 0 Å². The lowest BCUT2D eigenvalue weighted by atomic mass is 10.0. The SMILES string of the molecule is O=C(CCNC(=O)c1ccc(F)cc1F)OCc1ccc(-c2ccccc2)cc1. The fraction of sp³-hybridized carbons (Fsp3) is 0.130. The first kappa shape index (κ1) is 20.2. The van der Waals surface area contributed by atoms with Gasteiger partial charge >= 0.3 is 5.97 Å². The number of carbonyl (C=O) groups excluding carboxylic acids is 2. The van der Waals surface area contributed by atoms with E-state index in [2.05, 4.69) is 5.32 Å². The molecule has 0 radical (unpaired) electrons. The Labute approximate surface area is 167 Å². The summed E-state index contributed by atoms with van der Waals surface area (Å²) in [5, 5.41) is 2.41. The van der Waals surface area contributed by atoms with E-state index in [1.54, 1.807) is 0 Å². The van der Waals surface area contributed by atoms with E-state index in [-0.39, 0.29) is 25.1 Å². The zero-order valence-electron chi connectivity index (χ0n) is 15.5. The van der Waals surface area contributed by atoms with Crippen molar-refractivity contribution < 1.29 is 23.1 Å². The molecule has 4 nitrogen and oxygen atoms in total. The molecule has 3 aromatic rings. The van der Waals surface area contributed by atoms with Crippen LogP contribution in [0.4, 0.5) is 8.78 Å². The molecular formula is C23H19F2NO3. The van der Waals surface area contributed by atoms with Gasteiger partial charge in [-0.2, -0.15) is 0 Å². The van der Waals surface area contributed by atoms with Crippen LogP contribution in [0.15, 0.2) is 72.8 Å². The average Bonchev–Trinajstić information content (AvgIpc) is 2.73. The Balaban J connectivity index is 1.42. The number of carbonyl (C=O) groups is 2. The second-order valence-electron chi connectivity index (χ2n) is 6.35. The van der Waals surface area contributed by atoms with Crippen molar-refractivity contribution in [2.24, 2.45) is 0 Å². The van der Waals surface area contributed by atoms with Gasteiger partial charge < -0.3 is 10.1 Å². The molecule has 0 aliphatic rings. The van der Waals surface area contributed by atoms with Crippen LogP contribution >= 0.6 is 0 Å². The van der Waals surface area contributed by atoms with Crippen LogP contribution in [0, 0.1) is 11.6 Å². The molecule has 0 saturated carbocycles. The van der Waals surface area contributed by atoms with E-state index in [4.69, 9.17) is 4.74 Å². The van der Waals surface area contributed by atoms with Gasteiger partial charge in [0.25, 0.3) is 5.91 Å². The van der Waals surface area contributed by atoms with Gasteiger partial charge in [-0.3, -0.25) is 9.59 Å². The molecule has 0 atom stereocenters. The van der Waals surface area contributed by atoms with Crippen LogP contribution in [0.1, 0.15) is 22.3 Å². The minimum Gasteiger partial charge on any atom is -0.461 e. The summed E-state index contributed by atoms with van der Waals surface area (Å²) in [7, 11) is 0. The van der Waals surface area contributed by atoms with E-state index < -0.39 is 23.5 Å². The van der Waals surface area contributed by atoms with Crippen molar-refractivity contribution in [1.82, 2.24) is 5.32 Å². The number of ether oxygens (including phenoxy) is 1. The molecule has 0 aromatic heterocycles. The van der Waals surface area contributed by atoms with Crippen LogP contribution in [-0.2, 0) is 16.1 Å². The van der Waals surface area contributed by atoms with E-state index in [1.165, 1.54) is 0 Å². The van der Waals surface area contributed by atoms with Gasteiger partial charge in [0.15, 0.2) is 0 Å². The van der Waals surface area contributed by atoms with Gasteiger partial charge in [-0.15, -0.1) is 0 Å². The topological polar surface area (TPSA) is 55.4 Å². The van der Waals surface area contributed by atoms with E-state index in [0.29, 0.717) is 6.07 Å². The highest BCUT2D eigenvalue weighted by Crippen LogP contribution is 2.19. The van der Waals surface area contributed by atoms with Crippen LogP contribution < -0.4 is 5.32 Å². The van der Waals surface area contributed by atoms with Crippen molar-refractivity contribution in [2.75, 3.05) is 6.54 Å². The molecule has 6 heteroatoms. The standard InChI is InChI=1S/C23H19F2NO3/c24-19-10-11-20(21(25)14-19)23(28)26-13-12-22(27)29-15-16-6-8-18(9-7-16)17-4-2-1-3-5-17/h1-11,14H,12-13,15H2,(H,26,28). The van der Waals surface area contributed by atoms with E-state index >= 15 is 0 Å². The van der Waals surface area contributed by atoms with Crippen LogP contribution in [0.2, 0.25) is 0 Å². The monoisotopic (exact) mass is 395 g/mol. The summed E-state index contributed by atoms with van der Waals surface area (Å²) >= 11 is 0. The maximum absolute atomic E-state index is 13.5. The molecule has 148 valence electrons. The van der Waals surface area contributed by atoms with Gasteiger partial charge in [-0.05, 0) is 28.8 Å². The number of amides is 1. The molecule has 1 amide bonds. The highest BCUT2D eigenvalue weighted by Gasteiger charge is 2.13. The molecule has 0 fully saturated rings. The largest absolute Gasteiger partial charge is 0.461 e. The fourth-order valence-corrected chi connectivity index (χ4v) is 2.71.